The lowest BCUT2D eigenvalue weighted by Gasteiger charge is -2.22. The van der Waals surface area contributed by atoms with Crippen LogP contribution >= 0.6 is 11.9 Å². The van der Waals surface area contributed by atoms with E-state index in [4.69, 9.17) is 0 Å². The highest BCUT2D eigenvalue weighted by molar-refractivity contribution is 8.01. The molecule has 0 radical (unpaired) electrons. The Balaban J connectivity index is 1.83. The van der Waals surface area contributed by atoms with E-state index in [0.717, 1.165) is 19.5 Å². The zero-order valence-corrected chi connectivity index (χ0v) is 12.3. The number of amides is 2. The van der Waals surface area contributed by atoms with Gasteiger partial charge in [0.1, 0.15) is 0 Å². The highest BCUT2D eigenvalue weighted by Gasteiger charge is 2.27. The average molecular weight is 279 g/mol. The summed E-state index contributed by atoms with van der Waals surface area (Å²) in [5.74, 6) is 0. The van der Waals surface area contributed by atoms with Crippen LogP contribution in [0.4, 0.5) is 10.5 Å². The van der Waals surface area contributed by atoms with E-state index in [1.54, 1.807) is 0 Å². The lowest BCUT2D eigenvalue weighted by atomic mass is 10.3. The molecule has 104 valence electrons. The number of hydrogen-bond donors (Lipinski definition) is 1. The van der Waals surface area contributed by atoms with Crippen LogP contribution in [0.1, 0.15) is 13.3 Å². The number of benzene rings is 1. The van der Waals surface area contributed by atoms with E-state index >= 15 is 0 Å². The van der Waals surface area contributed by atoms with Crippen LogP contribution < -0.4 is 9.62 Å². The fourth-order valence-corrected chi connectivity index (χ4v) is 3.33. The highest BCUT2D eigenvalue weighted by Crippen LogP contribution is 2.28. The molecule has 19 heavy (non-hydrogen) atoms. The summed E-state index contributed by atoms with van der Waals surface area (Å²) in [5.41, 5.74) is 1.20. The Kier molecular flexibility index (Phi) is 4.96. The summed E-state index contributed by atoms with van der Waals surface area (Å²) in [7, 11) is 2.08. The largest absolute Gasteiger partial charge is 0.338 e. The number of carbonyl (C=O) groups is 1. The molecular formula is C14H21N3OS. The van der Waals surface area contributed by atoms with E-state index in [1.165, 1.54) is 5.69 Å². The summed E-state index contributed by atoms with van der Waals surface area (Å²) >= 11 is 1.81. The summed E-state index contributed by atoms with van der Waals surface area (Å²) < 4.78 is 2.19. The minimum atomic E-state index is 0.0629. The van der Waals surface area contributed by atoms with Crippen molar-refractivity contribution in [2.45, 2.75) is 18.6 Å². The van der Waals surface area contributed by atoms with Crippen molar-refractivity contribution >= 4 is 23.7 Å². The Labute approximate surface area is 119 Å². The molecule has 1 N–H and O–H groups in total. The van der Waals surface area contributed by atoms with Crippen LogP contribution in [0, 0.1) is 0 Å². The fourth-order valence-electron chi connectivity index (χ4n) is 2.18. The molecule has 5 heteroatoms. The Morgan fingerprint density at radius 2 is 2.21 bits per heavy atom. The molecule has 1 fully saturated rings. The van der Waals surface area contributed by atoms with Crippen LogP contribution in [-0.4, -0.2) is 42.9 Å². The van der Waals surface area contributed by atoms with Crippen molar-refractivity contribution in [2.24, 2.45) is 0 Å². The first-order valence-corrected chi connectivity index (χ1v) is 7.52. The predicted molar refractivity (Wildman–Crippen MR) is 81.5 cm³/mol. The van der Waals surface area contributed by atoms with E-state index < -0.39 is 0 Å². The molecule has 1 aliphatic heterocycles. The molecule has 0 saturated carbocycles. The normalized spacial score (nSPS) is 18.4. The second-order valence-electron chi connectivity index (χ2n) is 4.63. The molecule has 1 saturated heterocycles. The van der Waals surface area contributed by atoms with Gasteiger partial charge in [0.25, 0.3) is 0 Å². The van der Waals surface area contributed by atoms with Crippen molar-refractivity contribution in [1.29, 1.82) is 0 Å². The number of para-hydroxylation sites is 1. The van der Waals surface area contributed by atoms with E-state index in [2.05, 4.69) is 28.8 Å². The molecule has 2 amide bonds. The maximum absolute atomic E-state index is 11.7. The SMILES string of the molecule is CCNC(=O)N1CCC(SN(C)c2ccccc2)C1. The van der Waals surface area contributed by atoms with Gasteiger partial charge in [0.05, 0.1) is 0 Å². The minimum absolute atomic E-state index is 0.0629. The third-order valence-electron chi connectivity index (χ3n) is 3.19. The molecule has 1 heterocycles. The van der Waals surface area contributed by atoms with Crippen molar-refractivity contribution in [3.63, 3.8) is 0 Å². The number of carbonyl (C=O) groups excluding carboxylic acids is 1. The van der Waals surface area contributed by atoms with Crippen molar-refractivity contribution < 1.29 is 4.79 Å². The highest BCUT2D eigenvalue weighted by atomic mass is 32.2. The molecule has 1 atom stereocenters. The Bertz CT molecular complexity index is 412. The molecule has 0 bridgehead atoms. The fraction of sp³-hybridized carbons (Fsp3) is 0.500. The second kappa shape index (κ2) is 6.70. The van der Waals surface area contributed by atoms with Gasteiger partial charge in [0.2, 0.25) is 0 Å². The monoisotopic (exact) mass is 279 g/mol. The second-order valence-corrected chi connectivity index (χ2v) is 6.06. The molecule has 0 aliphatic carbocycles. The molecular weight excluding hydrogens is 258 g/mol. The number of hydrogen-bond acceptors (Lipinski definition) is 3. The molecule has 1 aliphatic rings. The van der Waals surface area contributed by atoms with E-state index in [0.29, 0.717) is 11.8 Å². The number of likely N-dealkylation sites (tertiary alicyclic amines) is 1. The van der Waals surface area contributed by atoms with Gasteiger partial charge in [-0.15, -0.1) is 0 Å². The number of nitrogens with one attached hydrogen (secondary N) is 1. The molecule has 0 aromatic heterocycles. The average Bonchev–Trinajstić information content (AvgIpc) is 2.88. The topological polar surface area (TPSA) is 35.6 Å². The van der Waals surface area contributed by atoms with Crippen LogP contribution in [0.3, 0.4) is 0 Å². The zero-order chi connectivity index (χ0) is 13.7. The van der Waals surface area contributed by atoms with Crippen molar-refractivity contribution in [3.05, 3.63) is 30.3 Å². The van der Waals surface area contributed by atoms with Crippen molar-refractivity contribution in [1.82, 2.24) is 10.2 Å². The van der Waals surface area contributed by atoms with Crippen molar-refractivity contribution in [2.75, 3.05) is 31.0 Å². The molecule has 1 unspecified atom stereocenters. The van der Waals surface area contributed by atoms with Gasteiger partial charge in [-0.2, -0.15) is 0 Å². The van der Waals surface area contributed by atoms with Gasteiger partial charge in [-0.05, 0) is 37.4 Å². The van der Waals surface area contributed by atoms with Crippen LogP contribution in [0.15, 0.2) is 30.3 Å². The Morgan fingerprint density at radius 3 is 2.89 bits per heavy atom. The Hall–Kier alpha value is -1.36. The van der Waals surface area contributed by atoms with Crippen LogP contribution in [0.25, 0.3) is 0 Å². The quantitative estimate of drug-likeness (QED) is 0.861. The standard InChI is InChI=1S/C14H21N3OS/c1-3-15-14(18)17-10-9-13(11-17)19-16(2)12-7-5-4-6-8-12/h4-8,13H,3,9-11H2,1-2H3,(H,15,18). The van der Waals surface area contributed by atoms with E-state index in [9.17, 15) is 4.79 Å². The first kappa shape index (κ1) is 14.1. The van der Waals surface area contributed by atoms with Gasteiger partial charge in [-0.25, -0.2) is 4.79 Å². The third-order valence-corrected chi connectivity index (χ3v) is 4.40. The predicted octanol–water partition coefficient (Wildman–Crippen LogP) is 2.57. The third kappa shape index (κ3) is 3.80. The minimum Gasteiger partial charge on any atom is -0.338 e. The number of rotatable bonds is 4. The van der Waals surface area contributed by atoms with Gasteiger partial charge in [-0.3, -0.25) is 0 Å². The lowest BCUT2D eigenvalue weighted by molar-refractivity contribution is 0.209. The van der Waals surface area contributed by atoms with Crippen LogP contribution in [0.5, 0.6) is 0 Å². The first-order chi connectivity index (χ1) is 9.20. The lowest BCUT2D eigenvalue weighted by Crippen LogP contribution is -2.38. The van der Waals surface area contributed by atoms with Gasteiger partial charge in [0, 0.05) is 37.6 Å². The van der Waals surface area contributed by atoms with E-state index in [-0.39, 0.29) is 6.03 Å². The molecule has 0 spiro atoms. The summed E-state index contributed by atoms with van der Waals surface area (Å²) in [5, 5.41) is 3.34. The molecule has 1 aromatic carbocycles. The first-order valence-electron chi connectivity index (χ1n) is 6.69. The van der Waals surface area contributed by atoms with Crippen LogP contribution in [-0.2, 0) is 0 Å². The maximum Gasteiger partial charge on any atom is 0.317 e. The van der Waals surface area contributed by atoms with Crippen molar-refractivity contribution in [3.8, 4) is 0 Å². The smallest absolute Gasteiger partial charge is 0.317 e. The van der Waals surface area contributed by atoms with Gasteiger partial charge in [-0.1, -0.05) is 18.2 Å². The van der Waals surface area contributed by atoms with Gasteiger partial charge < -0.3 is 14.5 Å². The summed E-state index contributed by atoms with van der Waals surface area (Å²) in [4.78, 5) is 13.6. The van der Waals surface area contributed by atoms with E-state index in [1.807, 2.05) is 42.0 Å². The molecule has 4 nitrogen and oxygen atoms in total. The molecule has 2 rings (SSSR count). The summed E-state index contributed by atoms with van der Waals surface area (Å²) in [6.45, 7) is 4.32. The molecule has 1 aromatic rings. The van der Waals surface area contributed by atoms with Gasteiger partial charge in [0.15, 0.2) is 0 Å². The number of anilines is 1. The summed E-state index contributed by atoms with van der Waals surface area (Å²) in [6.07, 6.45) is 1.05. The zero-order valence-electron chi connectivity index (χ0n) is 11.5. The number of urea groups is 1. The Morgan fingerprint density at radius 1 is 1.47 bits per heavy atom. The van der Waals surface area contributed by atoms with Crippen LogP contribution in [0.2, 0.25) is 0 Å². The summed E-state index contributed by atoms with van der Waals surface area (Å²) in [6, 6.07) is 10.4. The maximum atomic E-state index is 11.7. The number of nitrogens with zero attached hydrogens (tertiary/aromatic N) is 2. The van der Waals surface area contributed by atoms with Gasteiger partial charge >= 0.3 is 6.03 Å².